The summed E-state index contributed by atoms with van der Waals surface area (Å²) in [5.74, 6) is 0.819. The highest BCUT2D eigenvalue weighted by Gasteiger charge is 2.12. The Kier molecular flexibility index (Phi) is 6.82. The number of rotatable bonds is 8. The van der Waals surface area contributed by atoms with E-state index in [0.29, 0.717) is 12.1 Å². The zero-order valence-corrected chi connectivity index (χ0v) is 16.4. The molecule has 1 amide bonds. The Bertz CT molecular complexity index is 717. The van der Waals surface area contributed by atoms with Crippen molar-refractivity contribution in [1.82, 2.24) is 15.2 Å². The maximum atomic E-state index is 12.4. The van der Waals surface area contributed by atoms with Gasteiger partial charge in [-0.1, -0.05) is 24.3 Å². The number of carbonyl (C=O) groups excluding carboxylic acids is 1. The maximum Gasteiger partial charge on any atom is 0.253 e. The van der Waals surface area contributed by atoms with Crippen LogP contribution in [0.2, 0.25) is 0 Å². The molecule has 2 heterocycles. The van der Waals surface area contributed by atoms with Crippen LogP contribution >= 0.6 is 0 Å². The van der Waals surface area contributed by atoms with Crippen molar-refractivity contribution in [3.05, 3.63) is 59.3 Å². The summed E-state index contributed by atoms with van der Waals surface area (Å²) < 4.78 is 0. The Morgan fingerprint density at radius 1 is 1.04 bits per heavy atom. The Morgan fingerprint density at radius 3 is 2.30 bits per heavy atom. The van der Waals surface area contributed by atoms with Gasteiger partial charge in [-0.25, -0.2) is 4.98 Å². The van der Waals surface area contributed by atoms with Crippen molar-refractivity contribution < 1.29 is 4.79 Å². The van der Waals surface area contributed by atoms with E-state index in [0.717, 1.165) is 31.0 Å². The first-order valence-corrected chi connectivity index (χ1v) is 9.99. The van der Waals surface area contributed by atoms with Crippen molar-refractivity contribution >= 4 is 11.7 Å². The van der Waals surface area contributed by atoms with Gasteiger partial charge in [-0.05, 0) is 63.0 Å². The SMILES string of the molecule is CCN(CC)c1ccc(C(=O)NCc2ccc(CN3CCCC3)cc2)cn1. The van der Waals surface area contributed by atoms with Gasteiger partial charge in [0.2, 0.25) is 0 Å². The Hall–Kier alpha value is -2.40. The van der Waals surface area contributed by atoms with Crippen LogP contribution in [0.3, 0.4) is 0 Å². The lowest BCUT2D eigenvalue weighted by Gasteiger charge is -2.19. The van der Waals surface area contributed by atoms with Gasteiger partial charge in [-0.2, -0.15) is 0 Å². The van der Waals surface area contributed by atoms with Gasteiger partial charge in [0, 0.05) is 32.4 Å². The van der Waals surface area contributed by atoms with Crippen LogP contribution in [0.15, 0.2) is 42.6 Å². The van der Waals surface area contributed by atoms with E-state index in [4.69, 9.17) is 0 Å². The van der Waals surface area contributed by atoms with Crippen molar-refractivity contribution in [2.24, 2.45) is 0 Å². The molecule has 0 atom stereocenters. The van der Waals surface area contributed by atoms with Crippen LogP contribution in [0, 0.1) is 0 Å². The molecule has 5 heteroatoms. The van der Waals surface area contributed by atoms with Crippen LogP contribution in [0.1, 0.15) is 48.2 Å². The average molecular weight is 367 g/mol. The second kappa shape index (κ2) is 9.51. The summed E-state index contributed by atoms with van der Waals surface area (Å²) in [6, 6.07) is 12.3. The molecule has 3 rings (SSSR count). The van der Waals surface area contributed by atoms with Gasteiger partial charge in [0.25, 0.3) is 5.91 Å². The topological polar surface area (TPSA) is 48.5 Å². The van der Waals surface area contributed by atoms with Crippen molar-refractivity contribution in [2.45, 2.75) is 39.8 Å². The molecule has 1 aromatic carbocycles. The van der Waals surface area contributed by atoms with Crippen LogP contribution in [0.5, 0.6) is 0 Å². The number of amides is 1. The molecule has 1 fully saturated rings. The molecule has 1 saturated heterocycles. The molecular weight excluding hydrogens is 336 g/mol. The van der Waals surface area contributed by atoms with E-state index in [2.05, 4.69) is 58.2 Å². The number of benzene rings is 1. The van der Waals surface area contributed by atoms with Gasteiger partial charge in [0.15, 0.2) is 0 Å². The third-order valence-electron chi connectivity index (χ3n) is 5.18. The minimum absolute atomic E-state index is 0.0882. The van der Waals surface area contributed by atoms with Gasteiger partial charge in [0.1, 0.15) is 5.82 Å². The standard InChI is InChI=1S/C22H30N4O/c1-3-26(4-2)21-12-11-20(16-23-21)22(27)24-15-18-7-9-19(10-8-18)17-25-13-5-6-14-25/h7-12,16H,3-6,13-15,17H2,1-2H3,(H,24,27). The molecule has 5 nitrogen and oxygen atoms in total. The zero-order valence-electron chi connectivity index (χ0n) is 16.4. The van der Waals surface area contributed by atoms with E-state index in [1.165, 1.54) is 31.5 Å². The van der Waals surface area contributed by atoms with E-state index in [9.17, 15) is 4.79 Å². The largest absolute Gasteiger partial charge is 0.357 e. The molecule has 144 valence electrons. The molecule has 0 unspecified atom stereocenters. The van der Waals surface area contributed by atoms with Crippen LogP contribution in [0.25, 0.3) is 0 Å². The number of pyridine rings is 1. The van der Waals surface area contributed by atoms with E-state index in [1.54, 1.807) is 6.20 Å². The molecular formula is C22H30N4O. The Labute approximate surface area is 162 Å². The molecule has 0 radical (unpaired) electrons. The molecule has 1 aromatic heterocycles. The fraction of sp³-hybridized carbons (Fsp3) is 0.455. The summed E-state index contributed by atoms with van der Waals surface area (Å²) in [6.07, 6.45) is 4.28. The third kappa shape index (κ3) is 5.30. The maximum absolute atomic E-state index is 12.4. The highest BCUT2D eigenvalue weighted by molar-refractivity contribution is 5.94. The summed E-state index contributed by atoms with van der Waals surface area (Å²) in [6.45, 7) is 9.98. The molecule has 1 aliphatic heterocycles. The molecule has 27 heavy (non-hydrogen) atoms. The lowest BCUT2D eigenvalue weighted by Crippen LogP contribution is -2.25. The first-order chi connectivity index (χ1) is 13.2. The molecule has 0 bridgehead atoms. The molecule has 0 aliphatic carbocycles. The Balaban J connectivity index is 1.51. The van der Waals surface area contributed by atoms with Crippen molar-refractivity contribution in [3.8, 4) is 0 Å². The summed E-state index contributed by atoms with van der Waals surface area (Å²) in [7, 11) is 0. The number of carbonyl (C=O) groups is 1. The van der Waals surface area contributed by atoms with E-state index in [1.807, 2.05) is 12.1 Å². The minimum atomic E-state index is -0.0882. The fourth-order valence-corrected chi connectivity index (χ4v) is 3.50. The quantitative estimate of drug-likeness (QED) is 0.777. The number of likely N-dealkylation sites (tertiary alicyclic amines) is 1. The molecule has 1 N–H and O–H groups in total. The average Bonchev–Trinajstić information content (AvgIpc) is 3.22. The molecule has 0 spiro atoms. The number of anilines is 1. The zero-order chi connectivity index (χ0) is 19.1. The second-order valence-electron chi connectivity index (χ2n) is 7.06. The van der Waals surface area contributed by atoms with Gasteiger partial charge in [-0.15, -0.1) is 0 Å². The highest BCUT2D eigenvalue weighted by atomic mass is 16.1. The van der Waals surface area contributed by atoms with Crippen LogP contribution < -0.4 is 10.2 Å². The second-order valence-corrected chi connectivity index (χ2v) is 7.06. The Morgan fingerprint density at radius 2 is 1.70 bits per heavy atom. The summed E-state index contributed by atoms with van der Waals surface area (Å²) >= 11 is 0. The van der Waals surface area contributed by atoms with Crippen LogP contribution in [0.4, 0.5) is 5.82 Å². The molecule has 2 aromatic rings. The smallest absolute Gasteiger partial charge is 0.253 e. The first kappa shape index (κ1) is 19.4. The fourth-order valence-electron chi connectivity index (χ4n) is 3.50. The van der Waals surface area contributed by atoms with E-state index >= 15 is 0 Å². The predicted octanol–water partition coefficient (Wildman–Crippen LogP) is 3.45. The number of nitrogens with one attached hydrogen (secondary N) is 1. The minimum Gasteiger partial charge on any atom is -0.357 e. The highest BCUT2D eigenvalue weighted by Crippen LogP contribution is 2.14. The van der Waals surface area contributed by atoms with Crippen molar-refractivity contribution in [1.29, 1.82) is 0 Å². The van der Waals surface area contributed by atoms with E-state index in [-0.39, 0.29) is 5.91 Å². The number of nitrogens with zero attached hydrogens (tertiary/aromatic N) is 3. The third-order valence-corrected chi connectivity index (χ3v) is 5.18. The van der Waals surface area contributed by atoms with Gasteiger partial charge in [-0.3, -0.25) is 9.69 Å². The van der Waals surface area contributed by atoms with Gasteiger partial charge in [0.05, 0.1) is 5.56 Å². The predicted molar refractivity (Wildman–Crippen MR) is 110 cm³/mol. The van der Waals surface area contributed by atoms with E-state index < -0.39 is 0 Å². The monoisotopic (exact) mass is 366 g/mol. The normalized spacial score (nSPS) is 14.3. The van der Waals surface area contributed by atoms with Crippen LogP contribution in [-0.4, -0.2) is 42.0 Å². The van der Waals surface area contributed by atoms with Gasteiger partial charge >= 0.3 is 0 Å². The summed E-state index contributed by atoms with van der Waals surface area (Å²) in [4.78, 5) is 21.4. The number of hydrogen-bond donors (Lipinski definition) is 1. The van der Waals surface area contributed by atoms with Crippen molar-refractivity contribution in [3.63, 3.8) is 0 Å². The summed E-state index contributed by atoms with van der Waals surface area (Å²) in [5.41, 5.74) is 3.04. The van der Waals surface area contributed by atoms with Gasteiger partial charge < -0.3 is 10.2 Å². The molecule has 1 aliphatic rings. The number of aromatic nitrogens is 1. The molecule has 0 saturated carbocycles. The lowest BCUT2D eigenvalue weighted by molar-refractivity contribution is 0.0950. The number of hydrogen-bond acceptors (Lipinski definition) is 4. The first-order valence-electron chi connectivity index (χ1n) is 9.99. The summed E-state index contributed by atoms with van der Waals surface area (Å²) in [5, 5.41) is 2.98. The van der Waals surface area contributed by atoms with Crippen LogP contribution in [-0.2, 0) is 13.1 Å². The van der Waals surface area contributed by atoms with Crippen molar-refractivity contribution in [2.75, 3.05) is 31.1 Å². The lowest BCUT2D eigenvalue weighted by atomic mass is 10.1.